The predicted octanol–water partition coefficient (Wildman–Crippen LogP) is 3.75. The summed E-state index contributed by atoms with van der Waals surface area (Å²) in [6.45, 7) is 0.528. The molecule has 21 heavy (non-hydrogen) atoms. The fraction of sp³-hybridized carbons (Fsp3) is 0.188. The van der Waals surface area contributed by atoms with Gasteiger partial charge >= 0.3 is 5.97 Å². The maximum atomic E-state index is 11.4. The van der Waals surface area contributed by atoms with Crippen molar-refractivity contribution in [3.8, 4) is 5.75 Å². The van der Waals surface area contributed by atoms with Crippen LogP contribution in [0.15, 0.2) is 42.5 Å². The van der Waals surface area contributed by atoms with E-state index >= 15 is 0 Å². The zero-order chi connectivity index (χ0) is 15.2. The Hall–Kier alpha value is -2.20. The van der Waals surface area contributed by atoms with Crippen molar-refractivity contribution in [2.24, 2.45) is 0 Å². The lowest BCUT2D eigenvalue weighted by Gasteiger charge is -2.12. The number of anilines is 1. The first-order chi connectivity index (χ1) is 10.2. The summed E-state index contributed by atoms with van der Waals surface area (Å²) in [5.41, 5.74) is 2.28. The minimum absolute atomic E-state index is 0.352. The Labute approximate surface area is 128 Å². The van der Waals surface area contributed by atoms with Gasteiger partial charge in [0, 0.05) is 22.8 Å². The van der Waals surface area contributed by atoms with Crippen molar-refractivity contribution in [3.05, 3.63) is 58.6 Å². The second-order valence-electron chi connectivity index (χ2n) is 4.34. The van der Waals surface area contributed by atoms with Crippen LogP contribution in [0.2, 0.25) is 5.02 Å². The maximum absolute atomic E-state index is 11.4. The summed E-state index contributed by atoms with van der Waals surface area (Å²) in [5.74, 6) is 0.385. The summed E-state index contributed by atoms with van der Waals surface area (Å²) in [7, 11) is 2.97. The molecule has 2 rings (SSSR count). The number of esters is 1. The number of halogens is 1. The van der Waals surface area contributed by atoms with Crippen LogP contribution in [0.4, 0.5) is 5.69 Å². The highest BCUT2D eigenvalue weighted by Crippen LogP contribution is 2.27. The molecule has 1 N–H and O–H groups in total. The van der Waals surface area contributed by atoms with E-state index in [1.807, 2.05) is 30.3 Å². The highest BCUT2D eigenvalue weighted by Gasteiger charge is 2.08. The third kappa shape index (κ3) is 3.67. The SMILES string of the molecule is COC(=O)c1ccc(NCc2c(Cl)cccc2OC)cc1. The number of rotatable bonds is 5. The fourth-order valence-corrected chi connectivity index (χ4v) is 2.17. The van der Waals surface area contributed by atoms with E-state index in [4.69, 9.17) is 16.3 Å². The molecule has 0 atom stereocenters. The first kappa shape index (κ1) is 15.2. The van der Waals surface area contributed by atoms with Gasteiger partial charge in [-0.3, -0.25) is 0 Å². The normalized spacial score (nSPS) is 10.0. The van der Waals surface area contributed by atoms with Crippen molar-refractivity contribution < 1.29 is 14.3 Å². The third-order valence-corrected chi connectivity index (χ3v) is 3.43. The molecule has 0 saturated heterocycles. The number of nitrogens with one attached hydrogen (secondary N) is 1. The molecular weight excluding hydrogens is 290 g/mol. The molecule has 0 amide bonds. The minimum Gasteiger partial charge on any atom is -0.496 e. The van der Waals surface area contributed by atoms with Crippen LogP contribution in [0.25, 0.3) is 0 Å². The fourth-order valence-electron chi connectivity index (χ4n) is 1.93. The van der Waals surface area contributed by atoms with Crippen molar-refractivity contribution in [3.63, 3.8) is 0 Å². The van der Waals surface area contributed by atoms with Crippen LogP contribution in [-0.2, 0) is 11.3 Å². The molecule has 110 valence electrons. The van der Waals surface area contributed by atoms with Gasteiger partial charge in [-0.05, 0) is 36.4 Å². The van der Waals surface area contributed by atoms with E-state index in [2.05, 4.69) is 10.1 Å². The number of hydrogen-bond donors (Lipinski definition) is 1. The minimum atomic E-state index is -0.352. The number of methoxy groups -OCH3 is 2. The number of benzene rings is 2. The van der Waals surface area contributed by atoms with Crippen LogP contribution in [0.1, 0.15) is 15.9 Å². The van der Waals surface area contributed by atoms with Crippen molar-refractivity contribution >= 4 is 23.3 Å². The predicted molar refractivity (Wildman–Crippen MR) is 83.1 cm³/mol. The van der Waals surface area contributed by atoms with Gasteiger partial charge in [0.1, 0.15) is 5.75 Å². The summed E-state index contributed by atoms with van der Waals surface area (Å²) < 4.78 is 9.95. The molecule has 2 aromatic rings. The van der Waals surface area contributed by atoms with Crippen LogP contribution in [0.3, 0.4) is 0 Å². The molecule has 0 aromatic heterocycles. The van der Waals surface area contributed by atoms with E-state index in [-0.39, 0.29) is 5.97 Å². The van der Waals surface area contributed by atoms with Crippen molar-refractivity contribution in [1.82, 2.24) is 0 Å². The van der Waals surface area contributed by atoms with E-state index in [9.17, 15) is 4.79 Å². The van der Waals surface area contributed by atoms with Gasteiger partial charge in [-0.1, -0.05) is 17.7 Å². The highest BCUT2D eigenvalue weighted by atomic mass is 35.5. The summed E-state index contributed by atoms with van der Waals surface area (Å²) >= 11 is 6.18. The molecule has 4 nitrogen and oxygen atoms in total. The zero-order valence-corrected chi connectivity index (χ0v) is 12.6. The van der Waals surface area contributed by atoms with Gasteiger partial charge in [0.15, 0.2) is 0 Å². The van der Waals surface area contributed by atoms with Crippen molar-refractivity contribution in [2.75, 3.05) is 19.5 Å². The first-order valence-electron chi connectivity index (χ1n) is 6.39. The Morgan fingerprint density at radius 2 is 1.86 bits per heavy atom. The second-order valence-corrected chi connectivity index (χ2v) is 4.75. The van der Waals surface area contributed by atoms with Crippen LogP contribution in [0, 0.1) is 0 Å². The van der Waals surface area contributed by atoms with E-state index in [1.165, 1.54) is 7.11 Å². The summed E-state index contributed by atoms with van der Waals surface area (Å²) in [5, 5.41) is 3.89. The van der Waals surface area contributed by atoms with Crippen molar-refractivity contribution in [1.29, 1.82) is 0 Å². The summed E-state index contributed by atoms with van der Waals surface area (Å²) in [6.07, 6.45) is 0. The standard InChI is InChI=1S/C16H16ClNO3/c1-20-15-5-3-4-14(17)13(15)10-18-12-8-6-11(7-9-12)16(19)21-2/h3-9,18H,10H2,1-2H3. The zero-order valence-electron chi connectivity index (χ0n) is 11.9. The van der Waals surface area contributed by atoms with Crippen LogP contribution in [0.5, 0.6) is 5.75 Å². The van der Waals surface area contributed by atoms with Crippen molar-refractivity contribution in [2.45, 2.75) is 6.54 Å². The number of carbonyl (C=O) groups excluding carboxylic acids is 1. The lowest BCUT2D eigenvalue weighted by Crippen LogP contribution is -2.04. The largest absolute Gasteiger partial charge is 0.496 e. The van der Waals surface area contributed by atoms with Gasteiger partial charge in [-0.2, -0.15) is 0 Å². The van der Waals surface area contributed by atoms with Gasteiger partial charge in [0.25, 0.3) is 0 Å². The quantitative estimate of drug-likeness (QED) is 0.855. The molecular formula is C16H16ClNO3. The van der Waals surface area contributed by atoms with Gasteiger partial charge in [-0.15, -0.1) is 0 Å². The maximum Gasteiger partial charge on any atom is 0.337 e. The Balaban J connectivity index is 2.08. The van der Waals surface area contributed by atoms with E-state index in [0.29, 0.717) is 17.1 Å². The van der Waals surface area contributed by atoms with Gasteiger partial charge < -0.3 is 14.8 Å². The summed E-state index contributed by atoms with van der Waals surface area (Å²) in [4.78, 5) is 11.4. The molecule has 0 fully saturated rings. The lowest BCUT2D eigenvalue weighted by atomic mass is 10.1. The van der Waals surface area contributed by atoms with Crippen LogP contribution in [-0.4, -0.2) is 20.2 Å². The molecule has 0 aliphatic rings. The Morgan fingerprint density at radius 1 is 1.14 bits per heavy atom. The molecule has 0 aliphatic heterocycles. The summed E-state index contributed by atoms with van der Waals surface area (Å²) in [6, 6.07) is 12.6. The van der Waals surface area contributed by atoms with Crippen LogP contribution < -0.4 is 10.1 Å². The average Bonchev–Trinajstić information content (AvgIpc) is 2.53. The van der Waals surface area contributed by atoms with Gasteiger partial charge in [0.2, 0.25) is 0 Å². The van der Waals surface area contributed by atoms with Crippen LogP contribution >= 0.6 is 11.6 Å². The monoisotopic (exact) mass is 305 g/mol. The third-order valence-electron chi connectivity index (χ3n) is 3.07. The highest BCUT2D eigenvalue weighted by molar-refractivity contribution is 6.31. The Bertz CT molecular complexity index is 626. The average molecular weight is 306 g/mol. The molecule has 0 aliphatic carbocycles. The molecule has 0 radical (unpaired) electrons. The molecule has 0 saturated carbocycles. The molecule has 0 unspecified atom stereocenters. The Kier molecular flexibility index (Phi) is 5.06. The van der Waals surface area contributed by atoms with E-state index in [0.717, 1.165) is 17.0 Å². The van der Waals surface area contributed by atoms with E-state index < -0.39 is 0 Å². The number of ether oxygens (including phenoxy) is 2. The Morgan fingerprint density at radius 3 is 2.48 bits per heavy atom. The lowest BCUT2D eigenvalue weighted by molar-refractivity contribution is 0.0601. The number of hydrogen-bond acceptors (Lipinski definition) is 4. The number of carbonyl (C=O) groups is 1. The van der Waals surface area contributed by atoms with Gasteiger partial charge in [0.05, 0.1) is 19.8 Å². The molecule has 0 bridgehead atoms. The molecule has 0 spiro atoms. The topological polar surface area (TPSA) is 47.6 Å². The second kappa shape index (κ2) is 6.99. The van der Waals surface area contributed by atoms with Gasteiger partial charge in [-0.25, -0.2) is 4.79 Å². The molecule has 5 heteroatoms. The molecule has 2 aromatic carbocycles. The van der Waals surface area contributed by atoms with E-state index in [1.54, 1.807) is 19.2 Å². The first-order valence-corrected chi connectivity index (χ1v) is 6.77. The molecule has 0 heterocycles. The smallest absolute Gasteiger partial charge is 0.337 e.